The summed E-state index contributed by atoms with van der Waals surface area (Å²) in [6.07, 6.45) is 6.58. The molecule has 5 aromatic heterocycles. The zero-order valence-corrected chi connectivity index (χ0v) is 69.9. The number of piperidine rings is 1. The summed E-state index contributed by atoms with van der Waals surface area (Å²) in [6, 6.07) is 16.0. The van der Waals surface area contributed by atoms with Gasteiger partial charge in [0.25, 0.3) is 11.8 Å². The van der Waals surface area contributed by atoms with Crippen LogP contribution in [0.5, 0.6) is 11.5 Å². The lowest BCUT2D eigenvalue weighted by molar-refractivity contribution is -0.138. The number of hydrogen-bond donors (Lipinski definition) is 6. The van der Waals surface area contributed by atoms with Gasteiger partial charge in [-0.25, -0.2) is 9.97 Å². The van der Waals surface area contributed by atoms with Crippen LogP contribution in [0.1, 0.15) is 128 Å². The van der Waals surface area contributed by atoms with Gasteiger partial charge < -0.3 is 107 Å². The first-order valence-corrected chi connectivity index (χ1v) is 41.0. The molecule has 1 atom stereocenters. The summed E-state index contributed by atoms with van der Waals surface area (Å²) in [5.41, 5.74) is 23.6. The number of fused-ring (bicyclic) bond motifs is 3. The number of carboxylic acid groups (broad SMARTS) is 1. The zero-order chi connectivity index (χ0) is 85.8. The number of rotatable bonds is 57. The molecule has 0 spiro atoms. The van der Waals surface area contributed by atoms with Crippen molar-refractivity contribution < 1.29 is 95.6 Å². The van der Waals surface area contributed by atoms with E-state index in [1.54, 1.807) is 56.6 Å². The molecule has 0 saturated carbocycles. The number of nitrogens with zero attached hydrogens (tertiary/aromatic N) is 14. The topological polar surface area (TPSA) is 466 Å². The van der Waals surface area contributed by atoms with E-state index < -0.39 is 35.6 Å². The average Bonchev–Trinajstić information content (AvgIpc) is 1.64. The maximum Gasteiger partial charge on any atom is 0.320 e. The minimum Gasteiger partial charge on any atom is -0.494 e. The highest BCUT2D eigenvalue weighted by atomic mass is 16.6. The van der Waals surface area contributed by atoms with E-state index >= 15 is 0 Å². The Morgan fingerprint density at radius 2 is 1.02 bits per heavy atom. The number of amides is 5. The fourth-order valence-corrected chi connectivity index (χ4v) is 13.7. The molecule has 2 aliphatic heterocycles. The molecule has 10 rings (SSSR count). The number of benzene rings is 3. The number of anilines is 2. The van der Waals surface area contributed by atoms with E-state index in [-0.39, 0.29) is 80.6 Å². The standard InChI is InChI=1S/C82H115N19O20/c1-7-100-67(48-56(3)92-100)78(105)88-81-86-65-51-62(75(84)103)53-69(109-6)73(65)98(81)20-9-10-21-99-74-66(87-82(99)89-79(106)68-49-57(4)93-101(68)8-2)52-63(76(85)104)54-70(74)120-26-11-19-95-22-16-61(17-23-95)77-91-90-71-55-96(24-25-97(71)77)72(102)18-27-110-28-29-111-30-31-112-32-33-113-34-35-114-36-37-115-38-39-116-40-41-117-42-43-118-44-45-119-46-47-121-94-58(5)60-14-12-59(13-15-60)50-64(83)80(107)108/h9-10,12-15,48-49,51-54,61,64H,7-8,11,16-47,50,55,83H2,1-6H3,(H2,84,103)(H2,85,104)(H,107,108)(H,86,88,105)(H,87,89,106)/b10-9+,94-58?. The Kier molecular flexibility index (Phi) is 37.2. The number of nitrogens with two attached hydrogens (primary N) is 3. The highest BCUT2D eigenvalue weighted by molar-refractivity contribution is 6.06. The van der Waals surface area contributed by atoms with Crippen molar-refractivity contribution in [2.24, 2.45) is 22.4 Å². The van der Waals surface area contributed by atoms with Gasteiger partial charge in [-0.3, -0.25) is 48.8 Å². The number of aromatic nitrogens is 11. The monoisotopic (exact) mass is 1690 g/mol. The van der Waals surface area contributed by atoms with E-state index in [1.165, 1.54) is 19.2 Å². The lowest BCUT2D eigenvalue weighted by atomic mass is 9.95. The number of aliphatic carboxylic acids is 1. The maximum absolute atomic E-state index is 14.1. The minimum absolute atomic E-state index is 0.00818. The number of hydrogen-bond acceptors (Lipinski definition) is 28. The van der Waals surface area contributed by atoms with Crippen LogP contribution >= 0.6 is 0 Å². The quantitative estimate of drug-likeness (QED) is 0.0127. The summed E-state index contributed by atoms with van der Waals surface area (Å²) in [4.78, 5) is 96.8. The molecule has 1 unspecified atom stereocenters. The Morgan fingerprint density at radius 1 is 0.570 bits per heavy atom. The van der Waals surface area contributed by atoms with Gasteiger partial charge >= 0.3 is 5.97 Å². The van der Waals surface area contributed by atoms with Gasteiger partial charge in [-0.05, 0) is 121 Å². The van der Waals surface area contributed by atoms with Gasteiger partial charge in [-0.1, -0.05) is 41.6 Å². The van der Waals surface area contributed by atoms with E-state index in [0.29, 0.717) is 227 Å². The largest absolute Gasteiger partial charge is 0.494 e. The molecule has 0 aliphatic carbocycles. The Bertz CT molecular complexity index is 4720. The highest BCUT2D eigenvalue weighted by Gasteiger charge is 2.31. The van der Waals surface area contributed by atoms with Gasteiger partial charge in [-0.15, -0.1) is 10.2 Å². The van der Waals surface area contributed by atoms with Crippen LogP contribution in [-0.2, 0) is 107 Å². The third kappa shape index (κ3) is 27.9. The number of ether oxygens (including phenoxy) is 12. The Balaban J connectivity index is 0.556. The molecule has 0 radical (unpaired) electrons. The Morgan fingerprint density at radius 3 is 1.48 bits per heavy atom. The molecule has 2 aliphatic rings. The molecular weight excluding hydrogens is 1570 g/mol. The van der Waals surface area contributed by atoms with Crippen LogP contribution in [0.3, 0.4) is 0 Å². The first-order chi connectivity index (χ1) is 58.8. The van der Waals surface area contributed by atoms with E-state index in [9.17, 15) is 28.8 Å². The number of allylic oxidation sites excluding steroid dienone is 2. The second-order valence-corrected chi connectivity index (χ2v) is 28.6. The molecule has 9 N–H and O–H groups in total. The summed E-state index contributed by atoms with van der Waals surface area (Å²) in [7, 11) is 1.46. The SMILES string of the molecule is CCn1nc(C)cc1C(=O)Nc1nc2cc(C(N)=O)cc(OC)c2n1C/C=C/Cn1c(NC(=O)c2cc(C)nn2CC)nc2cc(C(N)=O)cc(OCCCN3CCC(c4nnc5n4CCN(C(=O)CCOCCOCCOCCOCCOCCOCCOCCOCCOCCOCCON=C(C)c4ccc(CC(N)C(=O)O)cc4)C5)CC3)c21. The second-order valence-electron chi connectivity index (χ2n) is 28.6. The Labute approximate surface area is 701 Å². The number of carbonyl (C=O) groups excluding carboxylic acids is 5. The summed E-state index contributed by atoms with van der Waals surface area (Å²) in [5.74, 6) is -0.461. The normalized spacial score (nSPS) is 13.7. The first-order valence-electron chi connectivity index (χ1n) is 41.0. The fourth-order valence-electron chi connectivity index (χ4n) is 13.7. The molecule has 1 fully saturated rings. The summed E-state index contributed by atoms with van der Waals surface area (Å²) in [6.45, 7) is 23.1. The van der Waals surface area contributed by atoms with Gasteiger partial charge in [-0.2, -0.15) is 10.2 Å². The molecular formula is C82H115N19O20. The number of likely N-dealkylation sites (tertiary alicyclic amines) is 1. The van der Waals surface area contributed by atoms with Crippen molar-refractivity contribution in [3.63, 3.8) is 0 Å². The van der Waals surface area contributed by atoms with Gasteiger partial charge in [0.2, 0.25) is 29.6 Å². The number of oxime groups is 1. The van der Waals surface area contributed by atoms with Crippen LogP contribution in [-0.4, -0.2) is 294 Å². The van der Waals surface area contributed by atoms with Crippen LogP contribution in [0, 0.1) is 13.8 Å². The van der Waals surface area contributed by atoms with Crippen molar-refractivity contribution in [3.8, 4) is 11.5 Å². The second kappa shape index (κ2) is 48.7. The van der Waals surface area contributed by atoms with Gasteiger partial charge in [0.15, 0.2) is 5.82 Å². The first kappa shape index (κ1) is 92.6. The predicted octanol–water partition coefficient (Wildman–Crippen LogP) is 4.94. The van der Waals surface area contributed by atoms with E-state index in [1.807, 2.05) is 62.1 Å². The van der Waals surface area contributed by atoms with Gasteiger partial charge in [0.1, 0.15) is 52.4 Å². The van der Waals surface area contributed by atoms with Crippen LogP contribution < -0.4 is 37.3 Å². The number of methoxy groups -OCH3 is 1. The van der Waals surface area contributed by atoms with E-state index in [0.717, 1.165) is 55.3 Å². The molecule has 121 heavy (non-hydrogen) atoms. The van der Waals surface area contributed by atoms with Gasteiger partial charge in [0.05, 0.1) is 187 Å². The number of carboxylic acids is 1. The van der Waals surface area contributed by atoms with Crippen LogP contribution in [0.15, 0.2) is 78.0 Å². The highest BCUT2D eigenvalue weighted by Crippen LogP contribution is 2.35. The van der Waals surface area contributed by atoms with Crippen molar-refractivity contribution in [1.82, 2.24) is 63.2 Å². The fraction of sp³-hybridized carbons (Fsp3) is 0.549. The van der Waals surface area contributed by atoms with Crippen LogP contribution in [0.2, 0.25) is 0 Å². The number of carbonyl (C=O) groups is 6. The third-order valence-electron chi connectivity index (χ3n) is 19.9. The summed E-state index contributed by atoms with van der Waals surface area (Å²) >= 11 is 0. The Hall–Kier alpha value is -10.7. The van der Waals surface area contributed by atoms with E-state index in [4.69, 9.17) is 94.0 Å². The molecule has 39 heteroatoms. The lowest BCUT2D eigenvalue weighted by Crippen LogP contribution is -2.40. The maximum atomic E-state index is 14.1. The number of nitrogens with one attached hydrogen (secondary N) is 2. The molecule has 658 valence electrons. The van der Waals surface area contributed by atoms with Crippen molar-refractivity contribution >= 4 is 75.2 Å². The number of aryl methyl sites for hydroxylation is 4. The van der Waals surface area contributed by atoms with E-state index in [2.05, 4.69) is 45.7 Å². The third-order valence-corrected chi connectivity index (χ3v) is 19.9. The number of primary amides is 2. The molecule has 5 amide bonds. The van der Waals surface area contributed by atoms with Crippen molar-refractivity contribution in [3.05, 3.63) is 129 Å². The van der Waals surface area contributed by atoms with Crippen molar-refractivity contribution in [2.45, 2.75) is 118 Å². The number of imidazole rings is 2. The average molecular weight is 1690 g/mol. The smallest absolute Gasteiger partial charge is 0.320 e. The van der Waals surface area contributed by atoms with Crippen LogP contribution in [0.4, 0.5) is 11.9 Å². The molecule has 39 nitrogen and oxygen atoms in total. The summed E-state index contributed by atoms with van der Waals surface area (Å²) in [5, 5.41) is 37.2. The van der Waals surface area contributed by atoms with Crippen molar-refractivity contribution in [2.75, 3.05) is 189 Å². The molecule has 7 heterocycles. The lowest BCUT2D eigenvalue weighted by Gasteiger charge is -2.33. The molecule has 0 bridgehead atoms. The van der Waals surface area contributed by atoms with Crippen molar-refractivity contribution in [1.29, 1.82) is 0 Å². The van der Waals surface area contributed by atoms with Crippen LogP contribution in [0.25, 0.3) is 22.1 Å². The summed E-state index contributed by atoms with van der Waals surface area (Å²) < 4.78 is 77.1. The molecule has 1 saturated heterocycles. The zero-order valence-electron chi connectivity index (χ0n) is 69.9. The minimum atomic E-state index is -1.03. The predicted molar refractivity (Wildman–Crippen MR) is 444 cm³/mol. The van der Waals surface area contributed by atoms with Gasteiger partial charge in [0, 0.05) is 62.9 Å². The molecule has 3 aromatic carbocycles. The molecule has 8 aromatic rings.